The van der Waals surface area contributed by atoms with Gasteiger partial charge in [-0.25, -0.2) is 0 Å². The molecule has 1 aliphatic rings. The Labute approximate surface area is 104 Å². The van der Waals surface area contributed by atoms with Gasteiger partial charge in [-0.3, -0.25) is 0 Å². The Morgan fingerprint density at radius 3 is 1.88 bits per heavy atom. The van der Waals surface area contributed by atoms with Gasteiger partial charge in [0, 0.05) is 16.9 Å². The van der Waals surface area contributed by atoms with Crippen molar-refractivity contribution in [1.29, 1.82) is 10.5 Å². The highest BCUT2D eigenvalue weighted by Crippen LogP contribution is 2.35. The molecule has 0 radical (unpaired) electrons. The molecule has 0 N–H and O–H groups in total. The summed E-state index contributed by atoms with van der Waals surface area (Å²) in [7, 11) is 0. The Kier molecular flexibility index (Phi) is 4.94. The maximum absolute atomic E-state index is 8.60. The van der Waals surface area contributed by atoms with E-state index in [1.807, 2.05) is 13.8 Å². The second-order valence-electron chi connectivity index (χ2n) is 4.24. The molecule has 0 aromatic heterocycles. The van der Waals surface area contributed by atoms with Gasteiger partial charge in [0.25, 0.3) is 0 Å². The van der Waals surface area contributed by atoms with E-state index in [0.29, 0.717) is 24.7 Å². The Bertz CT molecular complexity index is 290. The number of hydrogen-bond donors (Lipinski definition) is 0. The van der Waals surface area contributed by atoms with Crippen LogP contribution in [0.4, 0.5) is 0 Å². The number of hydrogen-bond acceptors (Lipinski definition) is 6. The van der Waals surface area contributed by atoms with Gasteiger partial charge in [0.15, 0.2) is 5.79 Å². The average molecular weight is 258 g/mol. The summed E-state index contributed by atoms with van der Waals surface area (Å²) in [5.74, 6) is 0.709. The van der Waals surface area contributed by atoms with Crippen LogP contribution in [0.3, 0.4) is 0 Å². The first-order valence-corrected chi connectivity index (χ1v) is 6.80. The van der Waals surface area contributed by atoms with Gasteiger partial charge in [0.1, 0.15) is 10.8 Å². The summed E-state index contributed by atoms with van der Waals surface area (Å²) < 4.78 is 11.2. The molecule has 1 saturated heterocycles. The second-order valence-corrected chi connectivity index (χ2v) is 5.76. The van der Waals surface area contributed by atoms with Gasteiger partial charge in [-0.1, -0.05) is 0 Å². The van der Waals surface area contributed by atoms with E-state index in [2.05, 4.69) is 10.8 Å². The number of thiocyanates is 2. The van der Waals surface area contributed by atoms with E-state index in [1.165, 1.54) is 23.5 Å². The van der Waals surface area contributed by atoms with Gasteiger partial charge in [-0.15, -0.1) is 0 Å². The second kappa shape index (κ2) is 5.79. The largest absolute Gasteiger partial charge is 0.350 e. The lowest BCUT2D eigenvalue weighted by atomic mass is 9.94. The third-order valence-corrected chi connectivity index (χ3v) is 4.11. The highest BCUT2D eigenvalue weighted by atomic mass is 32.2. The Hall–Kier alpha value is -0.400. The monoisotopic (exact) mass is 258 g/mol. The molecule has 0 spiro atoms. The predicted molar refractivity (Wildman–Crippen MR) is 64.6 cm³/mol. The fraction of sp³-hybridized carbons (Fsp3) is 0.800. The lowest BCUT2D eigenvalue weighted by Gasteiger charge is -2.42. The van der Waals surface area contributed by atoms with E-state index < -0.39 is 5.79 Å². The first kappa shape index (κ1) is 13.7. The Morgan fingerprint density at radius 2 is 1.50 bits per heavy atom. The zero-order valence-electron chi connectivity index (χ0n) is 9.36. The van der Waals surface area contributed by atoms with Crippen LogP contribution in [0.25, 0.3) is 0 Å². The number of nitrogens with zero attached hydrogens (tertiary/aromatic N) is 2. The van der Waals surface area contributed by atoms with Crippen LogP contribution in [0.5, 0.6) is 0 Å². The molecule has 4 nitrogen and oxygen atoms in total. The highest BCUT2D eigenvalue weighted by molar-refractivity contribution is 8.04. The summed E-state index contributed by atoms with van der Waals surface area (Å²) in [4.78, 5) is 0. The third-order valence-electron chi connectivity index (χ3n) is 2.34. The summed E-state index contributed by atoms with van der Waals surface area (Å²) in [6.45, 7) is 4.80. The Balaban J connectivity index is 2.60. The van der Waals surface area contributed by atoms with Crippen LogP contribution in [0, 0.1) is 26.7 Å². The van der Waals surface area contributed by atoms with Gasteiger partial charge in [0.2, 0.25) is 0 Å². The number of thioether (sulfide) groups is 2. The minimum absolute atomic E-state index is 0.226. The average Bonchev–Trinajstić information content (AvgIpc) is 2.27. The molecule has 1 aliphatic heterocycles. The van der Waals surface area contributed by atoms with Crippen molar-refractivity contribution in [3.63, 3.8) is 0 Å². The van der Waals surface area contributed by atoms with Crippen molar-refractivity contribution in [2.45, 2.75) is 19.6 Å². The van der Waals surface area contributed by atoms with Crippen molar-refractivity contribution in [2.24, 2.45) is 5.41 Å². The summed E-state index contributed by atoms with van der Waals surface area (Å²) >= 11 is 2.37. The van der Waals surface area contributed by atoms with Crippen LogP contribution in [-0.4, -0.2) is 30.5 Å². The predicted octanol–water partition coefficient (Wildman–Crippen LogP) is 2.18. The molecule has 0 aromatic rings. The van der Waals surface area contributed by atoms with Crippen LogP contribution in [0.15, 0.2) is 0 Å². The van der Waals surface area contributed by atoms with Gasteiger partial charge >= 0.3 is 0 Å². The smallest absolute Gasteiger partial charge is 0.162 e. The van der Waals surface area contributed by atoms with Gasteiger partial charge in [-0.2, -0.15) is 10.5 Å². The highest BCUT2D eigenvalue weighted by Gasteiger charge is 2.40. The summed E-state index contributed by atoms with van der Waals surface area (Å²) in [5, 5.41) is 21.3. The van der Waals surface area contributed by atoms with Gasteiger partial charge in [0.05, 0.1) is 13.2 Å². The van der Waals surface area contributed by atoms with E-state index in [4.69, 9.17) is 20.0 Å². The molecule has 0 amide bonds. The minimum Gasteiger partial charge on any atom is -0.350 e. The van der Waals surface area contributed by atoms with Crippen molar-refractivity contribution < 1.29 is 9.47 Å². The van der Waals surface area contributed by atoms with Gasteiger partial charge in [-0.05, 0) is 37.4 Å². The van der Waals surface area contributed by atoms with E-state index in [1.54, 1.807) is 0 Å². The molecule has 0 aromatic carbocycles. The first-order valence-electron chi connectivity index (χ1n) is 4.83. The van der Waals surface area contributed by atoms with E-state index in [0.717, 1.165) is 0 Å². The first-order chi connectivity index (χ1) is 7.54. The molecular formula is C10H14N2O2S2. The van der Waals surface area contributed by atoms with Crippen LogP contribution in [0.1, 0.15) is 13.8 Å². The molecule has 0 aliphatic carbocycles. The van der Waals surface area contributed by atoms with E-state index >= 15 is 0 Å². The summed E-state index contributed by atoms with van der Waals surface area (Å²) in [5.41, 5.74) is -0.226. The molecule has 16 heavy (non-hydrogen) atoms. The van der Waals surface area contributed by atoms with Crippen molar-refractivity contribution in [1.82, 2.24) is 0 Å². The van der Waals surface area contributed by atoms with Crippen molar-refractivity contribution in [3.05, 3.63) is 0 Å². The lowest BCUT2D eigenvalue weighted by Crippen LogP contribution is -2.49. The normalized spacial score (nSPS) is 22.0. The molecule has 1 heterocycles. The fourth-order valence-corrected chi connectivity index (χ4v) is 2.72. The lowest BCUT2D eigenvalue weighted by molar-refractivity contribution is -0.277. The van der Waals surface area contributed by atoms with Crippen molar-refractivity contribution >= 4 is 23.5 Å². The summed E-state index contributed by atoms with van der Waals surface area (Å²) in [6.07, 6.45) is 0. The maximum atomic E-state index is 8.60. The fourth-order valence-electron chi connectivity index (χ4n) is 1.32. The number of ether oxygens (including phenoxy) is 2. The molecule has 0 saturated carbocycles. The van der Waals surface area contributed by atoms with Crippen molar-refractivity contribution in [3.8, 4) is 10.8 Å². The summed E-state index contributed by atoms with van der Waals surface area (Å²) in [6, 6.07) is 0. The topological polar surface area (TPSA) is 66.0 Å². The molecular weight excluding hydrogens is 244 g/mol. The number of rotatable bonds is 4. The van der Waals surface area contributed by atoms with Crippen LogP contribution in [0.2, 0.25) is 0 Å². The van der Waals surface area contributed by atoms with Crippen LogP contribution >= 0.6 is 23.5 Å². The molecule has 1 rings (SSSR count). The molecule has 1 fully saturated rings. The van der Waals surface area contributed by atoms with E-state index in [9.17, 15) is 0 Å². The zero-order chi connectivity index (χ0) is 12.1. The molecule has 0 unspecified atom stereocenters. The third kappa shape index (κ3) is 3.88. The Morgan fingerprint density at radius 1 is 1.06 bits per heavy atom. The maximum Gasteiger partial charge on any atom is 0.162 e. The quantitative estimate of drug-likeness (QED) is 0.720. The zero-order valence-corrected chi connectivity index (χ0v) is 11.0. The number of nitriles is 2. The molecule has 0 atom stereocenters. The van der Waals surface area contributed by atoms with E-state index in [-0.39, 0.29) is 5.41 Å². The SMILES string of the molecule is CC1(C)OCC(CSC#N)(CSC#N)CO1. The van der Waals surface area contributed by atoms with Crippen LogP contribution < -0.4 is 0 Å². The standard InChI is InChI=1S/C10H14N2O2S2/c1-9(2)13-3-10(4-14-9,5-15-7-11)6-16-8-12/h3-6H2,1-2H3. The van der Waals surface area contributed by atoms with Crippen molar-refractivity contribution in [2.75, 3.05) is 24.7 Å². The molecule has 88 valence electrons. The van der Waals surface area contributed by atoms with Crippen LogP contribution in [-0.2, 0) is 9.47 Å². The minimum atomic E-state index is -0.557. The molecule has 6 heteroatoms. The van der Waals surface area contributed by atoms with Gasteiger partial charge < -0.3 is 9.47 Å². The molecule has 0 bridgehead atoms.